The number of hydrogen-bond donors (Lipinski definition) is 3. The highest BCUT2D eigenvalue weighted by Crippen LogP contribution is 2.19. The third kappa shape index (κ3) is 5.00. The molecule has 0 radical (unpaired) electrons. The highest BCUT2D eigenvalue weighted by atomic mass is 35.5. The second kappa shape index (κ2) is 8.58. The van der Waals surface area contributed by atoms with Gasteiger partial charge >= 0.3 is 17.1 Å². The summed E-state index contributed by atoms with van der Waals surface area (Å²) in [4.78, 5) is 30.8. The van der Waals surface area contributed by atoms with Crippen LogP contribution < -0.4 is 22.7 Å². The molecule has 25 heavy (non-hydrogen) atoms. The van der Waals surface area contributed by atoms with E-state index in [9.17, 15) is 14.7 Å². The number of aromatic nitrogens is 3. The lowest BCUT2D eigenvalue weighted by Crippen LogP contribution is -3.00. The summed E-state index contributed by atoms with van der Waals surface area (Å²) in [5, 5.41) is 18.0. The fraction of sp³-hybridized carbons (Fsp3) is 0.357. The van der Waals surface area contributed by atoms with Gasteiger partial charge in [-0.2, -0.15) is 4.57 Å². The van der Waals surface area contributed by atoms with Crippen molar-refractivity contribution >= 4 is 29.3 Å². The number of nitrogen functional groups attached to an aromatic ring is 1. The van der Waals surface area contributed by atoms with E-state index in [-0.39, 0.29) is 30.6 Å². The zero-order chi connectivity index (χ0) is 17.9. The summed E-state index contributed by atoms with van der Waals surface area (Å²) in [5.74, 6) is -0.235. The van der Waals surface area contributed by atoms with Gasteiger partial charge in [-0.3, -0.25) is 0 Å². The Morgan fingerprint density at radius 2 is 2.04 bits per heavy atom. The first kappa shape index (κ1) is 20.6. The second-order valence-corrected chi connectivity index (χ2v) is 6.08. The van der Waals surface area contributed by atoms with E-state index < -0.39 is 12.1 Å². The van der Waals surface area contributed by atoms with Gasteiger partial charge in [-0.1, -0.05) is 11.3 Å². The summed E-state index contributed by atoms with van der Waals surface area (Å²) in [7, 11) is 0. The molecular weight excluding hydrogens is 372 g/mol. The summed E-state index contributed by atoms with van der Waals surface area (Å²) in [5.41, 5.74) is 7.20. The normalized spacial score (nSPS) is 10.2. The molecule has 136 valence electrons. The van der Waals surface area contributed by atoms with Crippen LogP contribution in [0.2, 0.25) is 0 Å². The van der Waals surface area contributed by atoms with E-state index in [2.05, 4.69) is 14.7 Å². The van der Waals surface area contributed by atoms with Crippen LogP contribution >= 0.6 is 11.3 Å². The number of nitrogens with two attached hydrogens (primary N) is 1. The largest absolute Gasteiger partial charge is 1.00 e. The Kier molecular flexibility index (Phi) is 7.07. The van der Waals surface area contributed by atoms with Gasteiger partial charge in [0, 0.05) is 19.5 Å². The van der Waals surface area contributed by atoms with Crippen LogP contribution in [0.5, 0.6) is 0 Å². The average molecular weight is 389 g/mol. The Morgan fingerprint density at radius 3 is 2.60 bits per heavy atom. The van der Waals surface area contributed by atoms with E-state index in [1.807, 2.05) is 0 Å². The fourth-order valence-electron chi connectivity index (χ4n) is 2.17. The first-order chi connectivity index (χ1) is 11.3. The molecule has 0 aliphatic heterocycles. The van der Waals surface area contributed by atoms with E-state index in [1.54, 1.807) is 24.6 Å². The maximum atomic E-state index is 11.5. The highest BCUT2D eigenvalue weighted by molar-refractivity contribution is 7.13. The average Bonchev–Trinajstić information content (AvgIpc) is 2.79. The topological polar surface area (TPSA) is 140 Å². The van der Waals surface area contributed by atoms with E-state index in [4.69, 9.17) is 10.8 Å². The summed E-state index contributed by atoms with van der Waals surface area (Å²) in [6.07, 6.45) is 0.511. The Hall–Kier alpha value is -2.46. The molecular formula is C14H17ClN4O5S. The molecule has 0 aliphatic carbocycles. The molecule has 9 nitrogen and oxygen atoms in total. The van der Waals surface area contributed by atoms with E-state index in [1.165, 1.54) is 0 Å². The molecule has 0 aromatic carbocycles. The lowest BCUT2D eigenvalue weighted by molar-refractivity contribution is -0.691. The molecule has 0 aliphatic rings. The van der Waals surface area contributed by atoms with Crippen molar-refractivity contribution in [2.75, 3.05) is 12.3 Å². The van der Waals surface area contributed by atoms with Gasteiger partial charge in [0.25, 0.3) is 0 Å². The summed E-state index contributed by atoms with van der Waals surface area (Å²) in [6.45, 7) is 3.66. The Bertz CT molecular complexity index is 796. The van der Waals surface area contributed by atoms with Crippen molar-refractivity contribution in [3.05, 3.63) is 33.2 Å². The fourth-order valence-corrected chi connectivity index (χ4v) is 3.24. The second-order valence-electron chi connectivity index (χ2n) is 5.00. The summed E-state index contributed by atoms with van der Waals surface area (Å²) < 4.78 is 6.09. The minimum Gasteiger partial charge on any atom is -1.00 e. The van der Waals surface area contributed by atoms with Gasteiger partial charge in [-0.05, 0) is 6.92 Å². The van der Waals surface area contributed by atoms with Crippen LogP contribution in [0.4, 0.5) is 10.6 Å². The van der Waals surface area contributed by atoms with Crippen molar-refractivity contribution in [3.63, 3.8) is 0 Å². The number of halogens is 1. The van der Waals surface area contributed by atoms with Crippen molar-refractivity contribution in [2.24, 2.45) is 0 Å². The number of anilines is 1. The predicted molar refractivity (Wildman–Crippen MR) is 84.2 cm³/mol. The van der Waals surface area contributed by atoms with E-state index >= 15 is 0 Å². The van der Waals surface area contributed by atoms with Crippen LogP contribution in [-0.4, -0.2) is 38.9 Å². The molecule has 0 bridgehead atoms. The predicted octanol–water partition coefficient (Wildman–Crippen LogP) is -1.99. The zero-order valence-electron chi connectivity index (χ0n) is 13.5. The minimum absolute atomic E-state index is 0. The lowest BCUT2D eigenvalue weighted by atomic mass is 10.2. The third-order valence-corrected chi connectivity index (χ3v) is 4.69. The molecule has 0 saturated heterocycles. The number of carboxylic acid groups (broad SMARTS) is 2. The van der Waals surface area contributed by atoms with Gasteiger partial charge in [0.15, 0.2) is 12.2 Å². The zero-order valence-corrected chi connectivity index (χ0v) is 15.1. The molecule has 2 heterocycles. The van der Waals surface area contributed by atoms with E-state index in [0.717, 1.165) is 16.2 Å². The first-order valence-electron chi connectivity index (χ1n) is 6.98. The van der Waals surface area contributed by atoms with Gasteiger partial charge in [-0.25, -0.2) is 19.6 Å². The van der Waals surface area contributed by atoms with Gasteiger partial charge in [0.1, 0.15) is 11.6 Å². The molecule has 0 spiro atoms. The number of aryl methyl sites for hydroxylation is 1. The maximum Gasteiger partial charge on any atom is 0.505 e. The molecule has 0 unspecified atom stereocenters. The van der Waals surface area contributed by atoms with Gasteiger partial charge in [0.2, 0.25) is 0 Å². The number of nitrogens with zero attached hydrogens (tertiary/aromatic N) is 3. The van der Waals surface area contributed by atoms with Crippen LogP contribution in [0.25, 0.3) is 0 Å². The van der Waals surface area contributed by atoms with Crippen LogP contribution in [-0.2, 0) is 17.7 Å². The van der Waals surface area contributed by atoms with Gasteiger partial charge in [-0.15, -0.1) is 0 Å². The molecule has 0 fully saturated rings. The van der Waals surface area contributed by atoms with Crippen molar-refractivity contribution in [3.8, 4) is 0 Å². The van der Waals surface area contributed by atoms with Crippen LogP contribution in [0, 0.1) is 13.8 Å². The van der Waals surface area contributed by atoms with Crippen LogP contribution in [0.1, 0.15) is 31.8 Å². The lowest BCUT2D eigenvalue weighted by Gasteiger charge is -2.03. The highest BCUT2D eigenvalue weighted by Gasteiger charge is 2.29. The number of rotatable bonds is 6. The van der Waals surface area contributed by atoms with Gasteiger partial charge in [0.05, 0.1) is 17.0 Å². The van der Waals surface area contributed by atoms with Crippen LogP contribution in [0.3, 0.4) is 0 Å². The SMILES string of the molecule is Cc1ncc(C[n+]2c(C(=O)O)sc(CCOC(=O)O)c2C)c(N)n1.[Cl-]. The number of thiazole rings is 1. The Morgan fingerprint density at radius 1 is 1.36 bits per heavy atom. The standard InChI is InChI=1S/C14H16N4O5S.ClH/c1-7-10(3-4-23-14(21)22)24-12(13(19)20)18(7)6-9-5-16-8(2)17-11(9)15;/h5H,3-4,6H2,1-2H3,(H3-,15,16,17,19,20,21,22);1H. The van der Waals surface area contributed by atoms with Crippen LogP contribution in [0.15, 0.2) is 6.20 Å². The molecule has 0 atom stereocenters. The van der Waals surface area contributed by atoms with Crippen molar-refractivity contribution < 1.29 is 41.5 Å². The number of carboxylic acids is 1. The number of carbonyl (C=O) groups is 2. The third-order valence-electron chi connectivity index (χ3n) is 3.36. The van der Waals surface area contributed by atoms with Gasteiger partial charge < -0.3 is 33.1 Å². The number of hydrogen-bond acceptors (Lipinski definition) is 7. The van der Waals surface area contributed by atoms with Crippen molar-refractivity contribution in [1.29, 1.82) is 0 Å². The van der Waals surface area contributed by atoms with E-state index in [0.29, 0.717) is 29.3 Å². The number of ether oxygens (including phenoxy) is 1. The molecule has 2 rings (SSSR count). The van der Waals surface area contributed by atoms with Crippen molar-refractivity contribution in [2.45, 2.75) is 26.8 Å². The molecule has 0 amide bonds. The summed E-state index contributed by atoms with van der Waals surface area (Å²) >= 11 is 1.08. The quantitative estimate of drug-likeness (QED) is 0.382. The van der Waals surface area contributed by atoms with Crippen molar-refractivity contribution in [1.82, 2.24) is 9.97 Å². The Balaban J connectivity index is 0.00000312. The smallest absolute Gasteiger partial charge is 0.505 e. The minimum atomic E-state index is -1.36. The molecule has 11 heteroatoms. The first-order valence-corrected chi connectivity index (χ1v) is 7.80. The molecule has 2 aromatic heterocycles. The Labute approximate surface area is 153 Å². The molecule has 2 aromatic rings. The molecule has 0 saturated carbocycles. The monoisotopic (exact) mass is 388 g/mol. The summed E-state index contributed by atoms with van der Waals surface area (Å²) in [6, 6.07) is 0. The maximum absolute atomic E-state index is 11.5. The number of aromatic carboxylic acids is 1. The molecule has 4 N–H and O–H groups in total.